The third-order valence-electron chi connectivity index (χ3n) is 21.6. The zero-order valence-electron chi connectivity index (χ0n) is 63.2. The molecule has 0 bridgehead atoms. The number of para-hydroxylation sites is 8. The molecule has 3 N–H and O–H groups in total. The monoisotopic (exact) mass is 1570 g/mol. The van der Waals surface area contributed by atoms with Crippen molar-refractivity contribution in [1.29, 1.82) is 0 Å². The average Bonchev–Trinajstić information content (AvgIpc) is 1.61. The predicted octanol–water partition coefficient (Wildman–Crippen LogP) is 33.2. The second kappa shape index (κ2) is 30.9. The van der Waals surface area contributed by atoms with Crippen molar-refractivity contribution >= 4 is 244 Å². The smallest absolute Gasteiger partial charge is 0.137 e. The summed E-state index contributed by atoms with van der Waals surface area (Å²) < 4.78 is 16.6. The zero-order valence-corrected chi connectivity index (χ0v) is 66.5. The van der Waals surface area contributed by atoms with Gasteiger partial charge in [0.05, 0.1) is 0 Å². The molecule has 11 heteroatoms. The molecule has 117 heavy (non-hydrogen) atoms. The maximum absolute atomic E-state index is 6.19. The van der Waals surface area contributed by atoms with E-state index in [1.807, 2.05) is 63.5 Å². The van der Waals surface area contributed by atoms with Gasteiger partial charge in [-0.3, -0.25) is 0 Å². The van der Waals surface area contributed by atoms with Crippen molar-refractivity contribution in [1.82, 2.24) is 0 Å². The van der Waals surface area contributed by atoms with Crippen LogP contribution in [0.15, 0.2) is 423 Å². The normalized spacial score (nSPS) is 11.4. The van der Waals surface area contributed by atoms with E-state index >= 15 is 0 Å². The van der Waals surface area contributed by atoms with Crippen LogP contribution in [0, 0.1) is 0 Å². The van der Waals surface area contributed by atoms with Gasteiger partial charge in [0.2, 0.25) is 0 Å². The van der Waals surface area contributed by atoms with Crippen molar-refractivity contribution in [3.05, 3.63) is 419 Å². The molecule has 0 amide bonds. The molecule has 7 nitrogen and oxygen atoms in total. The summed E-state index contributed by atoms with van der Waals surface area (Å²) in [4.78, 5) is 6.96. The molecule has 0 saturated carbocycles. The summed E-state index contributed by atoms with van der Waals surface area (Å²) in [6.45, 7) is 0. The molecule has 0 unspecified atom stereocenters. The number of anilines is 15. The van der Waals surface area contributed by atoms with Crippen LogP contribution in [0.3, 0.4) is 0 Å². The Labute approximate surface area is 692 Å². The van der Waals surface area contributed by atoms with Gasteiger partial charge in [0, 0.05) is 194 Å². The van der Waals surface area contributed by atoms with Crippen LogP contribution in [0.4, 0.5) is 85.3 Å². The first-order chi connectivity index (χ1) is 57.9. The fraction of sp³-hybridized carbons (Fsp3) is 0. The van der Waals surface area contributed by atoms with E-state index in [1.54, 1.807) is 0 Å². The molecule has 18 aromatic carbocycles. The fourth-order valence-electron chi connectivity index (χ4n) is 16.2. The fourth-order valence-corrected chi connectivity index (χ4v) is 20.7. The molecule has 5 aromatic heterocycles. The van der Waals surface area contributed by atoms with Crippen LogP contribution in [0.25, 0.3) is 113 Å². The SMILES string of the molecule is c1ccc(N(c2ccccc2)c2ccc3c(c2)sc2c4ccccc4c(Nc4ccc5c(c4)oc4ccccc45)cc32)cc1.c1ccc(N(c2ccccc2)c2ccc3sc4cc(Nc5ccc6sc7ccccc7c6c5)ccc4c3c2)cc1.c1ccc(Nc2ccc3sc4ccc(N(c5ccccc5)c5ccccc5)cc4c3c2)cc1. The number of nitrogens with one attached hydrogen (secondary N) is 3. The Kier molecular flexibility index (Phi) is 18.6. The average molecular weight is 1570 g/mol. The minimum Gasteiger partial charge on any atom is -0.456 e. The Hall–Kier alpha value is -14.3. The summed E-state index contributed by atoms with van der Waals surface area (Å²) in [5.41, 5.74) is 18.6. The quantitative estimate of drug-likeness (QED) is 0.0945. The van der Waals surface area contributed by atoms with Gasteiger partial charge in [-0.05, 0) is 212 Å². The van der Waals surface area contributed by atoms with Crippen LogP contribution < -0.4 is 30.7 Å². The molecule has 5 heterocycles. The minimum absolute atomic E-state index is 0.886. The maximum Gasteiger partial charge on any atom is 0.137 e. The number of thiophene rings is 4. The van der Waals surface area contributed by atoms with Gasteiger partial charge in [-0.1, -0.05) is 200 Å². The molecular weight excluding hydrogens is 1500 g/mol. The Morgan fingerprint density at radius 2 is 0.504 bits per heavy atom. The van der Waals surface area contributed by atoms with Crippen molar-refractivity contribution in [2.45, 2.75) is 0 Å². The second-order valence-corrected chi connectivity index (χ2v) is 33.3. The van der Waals surface area contributed by atoms with Crippen LogP contribution in [0.1, 0.15) is 0 Å². The van der Waals surface area contributed by atoms with Gasteiger partial charge < -0.3 is 35.1 Å². The van der Waals surface area contributed by atoms with E-state index in [1.165, 1.54) is 91.5 Å². The molecule has 0 saturated heterocycles. The third kappa shape index (κ3) is 13.9. The van der Waals surface area contributed by atoms with Gasteiger partial charge in [0.1, 0.15) is 11.2 Å². The van der Waals surface area contributed by atoms with Crippen molar-refractivity contribution in [2.24, 2.45) is 0 Å². The number of hydrogen-bond donors (Lipinski definition) is 3. The van der Waals surface area contributed by atoms with Gasteiger partial charge in [0.15, 0.2) is 0 Å². The Morgan fingerprint density at radius 3 is 1.05 bits per heavy atom. The number of rotatable bonds is 15. The molecule has 0 aliphatic heterocycles. The van der Waals surface area contributed by atoms with Crippen molar-refractivity contribution in [3.63, 3.8) is 0 Å². The van der Waals surface area contributed by atoms with Gasteiger partial charge in [-0.2, -0.15) is 0 Å². The van der Waals surface area contributed by atoms with Crippen molar-refractivity contribution in [2.75, 3.05) is 30.7 Å². The maximum atomic E-state index is 6.19. The van der Waals surface area contributed by atoms with E-state index < -0.39 is 0 Å². The molecule has 0 fully saturated rings. The van der Waals surface area contributed by atoms with E-state index in [2.05, 4.69) is 431 Å². The molecule has 0 spiro atoms. The largest absolute Gasteiger partial charge is 0.456 e. The van der Waals surface area contributed by atoms with Gasteiger partial charge >= 0.3 is 0 Å². The lowest BCUT2D eigenvalue weighted by Crippen LogP contribution is -2.09. The number of hydrogen-bond acceptors (Lipinski definition) is 11. The highest BCUT2D eigenvalue weighted by molar-refractivity contribution is 7.27. The zero-order chi connectivity index (χ0) is 77.5. The van der Waals surface area contributed by atoms with E-state index in [0.29, 0.717) is 0 Å². The first-order valence-corrected chi connectivity index (χ1v) is 42.4. The first kappa shape index (κ1) is 70.6. The van der Waals surface area contributed by atoms with Crippen molar-refractivity contribution < 1.29 is 4.42 Å². The van der Waals surface area contributed by atoms with E-state index in [-0.39, 0.29) is 0 Å². The lowest BCUT2D eigenvalue weighted by Gasteiger charge is -2.25. The molecule has 0 aliphatic rings. The van der Waals surface area contributed by atoms with Gasteiger partial charge in [-0.25, -0.2) is 0 Å². The minimum atomic E-state index is 0.886. The third-order valence-corrected chi connectivity index (χ3v) is 26.3. The highest BCUT2D eigenvalue weighted by Crippen LogP contribution is 2.48. The Bertz CT molecular complexity index is 7440. The lowest BCUT2D eigenvalue weighted by atomic mass is 10.0. The van der Waals surface area contributed by atoms with Crippen molar-refractivity contribution in [3.8, 4) is 0 Å². The molecule has 0 radical (unpaired) electrons. The summed E-state index contributed by atoms with van der Waals surface area (Å²) >= 11 is 7.40. The van der Waals surface area contributed by atoms with Crippen LogP contribution >= 0.6 is 45.3 Å². The predicted molar refractivity (Wildman–Crippen MR) is 509 cm³/mol. The molecule has 0 aliphatic carbocycles. The molecular formula is C106H72N6OS4. The summed E-state index contributed by atoms with van der Waals surface area (Å²) in [6.07, 6.45) is 0. The first-order valence-electron chi connectivity index (χ1n) is 39.2. The topological polar surface area (TPSA) is 59.0 Å². The number of furan rings is 1. The second-order valence-electron chi connectivity index (χ2n) is 29.0. The molecule has 0 atom stereocenters. The van der Waals surface area contributed by atoms with E-state index in [4.69, 9.17) is 4.42 Å². The number of fused-ring (bicyclic) bond motifs is 17. The Balaban J connectivity index is 0.000000111. The van der Waals surface area contributed by atoms with Crippen LogP contribution in [-0.4, -0.2) is 0 Å². The molecule has 23 rings (SSSR count). The lowest BCUT2D eigenvalue weighted by molar-refractivity contribution is 0.669. The van der Waals surface area contributed by atoms with E-state index in [0.717, 1.165) is 107 Å². The van der Waals surface area contributed by atoms with E-state index in [9.17, 15) is 0 Å². The van der Waals surface area contributed by atoms with Gasteiger partial charge in [-0.15, -0.1) is 45.3 Å². The summed E-state index contributed by atoms with van der Waals surface area (Å²) in [5.74, 6) is 0. The Morgan fingerprint density at radius 1 is 0.171 bits per heavy atom. The van der Waals surface area contributed by atoms with Crippen LogP contribution in [-0.2, 0) is 0 Å². The highest BCUT2D eigenvalue weighted by Gasteiger charge is 2.21. The van der Waals surface area contributed by atoms with Crippen LogP contribution in [0.5, 0.6) is 0 Å². The summed E-state index contributed by atoms with van der Waals surface area (Å²) in [7, 11) is 0. The summed E-state index contributed by atoms with van der Waals surface area (Å²) in [5, 5.41) is 25.9. The summed E-state index contributed by atoms with van der Waals surface area (Å²) in [6, 6.07) is 149. The molecule has 23 aromatic rings. The number of benzene rings is 18. The molecule has 556 valence electrons. The van der Waals surface area contributed by atoms with Gasteiger partial charge in [0.25, 0.3) is 0 Å². The standard InChI is InChI=1S/C40H26N2OS.C36H24N2S2.C30H22N2S/c1-3-11-27(12-4-1)42(28-13-5-2-6-14-28)29-20-22-33-35-25-36(30-15-7-8-17-34(30)40(35)44-39(33)24-29)41-26-19-21-32-31-16-9-10-18-37(31)43-38(32)23-26;1-3-9-26(10-4-1)38(27-11-5-2-6-12-27)28-17-20-35-32(23-28)30-18-15-25(22-36(30)40-35)37-24-16-19-34-31(21-24)29-13-7-8-14-33(29)39-34;1-4-10-22(11-5-1)31-23-16-18-29-27(20-23)28-21-26(17-19-30(28)33-29)32(24-12-6-2-7-13-24)25-14-8-3-9-15-25/h1-25,41H;1-23,37H;1-21,31H. The number of nitrogens with zero attached hydrogens (tertiary/aromatic N) is 3. The van der Waals surface area contributed by atoms with Crippen LogP contribution in [0.2, 0.25) is 0 Å². The highest BCUT2D eigenvalue weighted by atomic mass is 32.1.